The van der Waals surface area contributed by atoms with Crippen molar-refractivity contribution in [3.05, 3.63) is 48.0 Å². The van der Waals surface area contributed by atoms with Crippen molar-refractivity contribution in [1.29, 1.82) is 0 Å². The van der Waals surface area contributed by atoms with Crippen molar-refractivity contribution in [1.82, 2.24) is 19.5 Å². The van der Waals surface area contributed by atoms with Crippen LogP contribution in [0.1, 0.15) is 36.6 Å². The van der Waals surface area contributed by atoms with E-state index in [1.165, 1.54) is 18.2 Å². The highest BCUT2D eigenvalue weighted by atomic mass is 16.6. The lowest BCUT2D eigenvalue weighted by Gasteiger charge is -2.22. The number of imidazole rings is 1. The van der Waals surface area contributed by atoms with Gasteiger partial charge in [0.15, 0.2) is 23.2 Å². The first-order valence-corrected chi connectivity index (χ1v) is 11.3. The second-order valence-electron chi connectivity index (χ2n) is 8.80. The topological polar surface area (TPSA) is 135 Å². The number of aliphatic hydroxyl groups is 3. The Kier molecular flexibility index (Phi) is 6.26. The smallest absolute Gasteiger partial charge is 0.167 e. The van der Waals surface area contributed by atoms with Crippen molar-refractivity contribution in [2.75, 3.05) is 11.9 Å². The van der Waals surface area contributed by atoms with Gasteiger partial charge in [0.25, 0.3) is 0 Å². The van der Waals surface area contributed by atoms with Gasteiger partial charge in [-0.2, -0.15) is 0 Å². The van der Waals surface area contributed by atoms with Crippen molar-refractivity contribution in [3.8, 4) is 0 Å². The Morgan fingerprint density at radius 3 is 2.85 bits per heavy atom. The quantitative estimate of drug-likeness (QED) is 0.416. The molecular formula is C23H29N5O5. The van der Waals surface area contributed by atoms with Gasteiger partial charge in [0, 0.05) is 0 Å². The Labute approximate surface area is 191 Å². The van der Waals surface area contributed by atoms with Gasteiger partial charge in [-0.3, -0.25) is 4.57 Å². The molecule has 2 aromatic heterocycles. The van der Waals surface area contributed by atoms with E-state index < -0.39 is 31.1 Å². The average Bonchev–Trinajstić information content (AvgIpc) is 3.51. The van der Waals surface area contributed by atoms with Crippen LogP contribution in [0.2, 0.25) is 0 Å². The maximum atomic E-state index is 10.4. The van der Waals surface area contributed by atoms with Crippen LogP contribution in [0.3, 0.4) is 0 Å². The number of benzene rings is 1. The van der Waals surface area contributed by atoms with E-state index in [2.05, 4.69) is 45.4 Å². The molecule has 1 saturated carbocycles. The number of hydrogen-bond acceptors (Lipinski definition) is 9. The summed E-state index contributed by atoms with van der Waals surface area (Å²) >= 11 is 0. The summed E-state index contributed by atoms with van der Waals surface area (Å²) in [5.41, 5.74) is 3.38. The minimum Gasteiger partial charge on any atom is -0.394 e. The molecule has 2 aliphatic rings. The van der Waals surface area contributed by atoms with Crippen LogP contribution in [0.5, 0.6) is 0 Å². The zero-order valence-corrected chi connectivity index (χ0v) is 18.4. The maximum Gasteiger partial charge on any atom is 0.167 e. The molecular weight excluding hydrogens is 426 g/mol. The van der Waals surface area contributed by atoms with E-state index in [-0.39, 0.29) is 12.1 Å². The summed E-state index contributed by atoms with van der Waals surface area (Å²) in [5, 5.41) is 33.3. The SMILES string of the molecule is Cc1cccc(CO[C@@H]2CCCC2Nc2ncnc3c2ncn3C2OC(CO)[C@@H](O)[C@H]2O)c1. The van der Waals surface area contributed by atoms with Crippen LogP contribution >= 0.6 is 0 Å². The van der Waals surface area contributed by atoms with Gasteiger partial charge in [0.1, 0.15) is 24.6 Å². The standard InChI is InChI=1S/C23H29N5O5/c1-13-4-2-5-14(8-13)10-32-16-7-3-6-15(16)27-21-18-22(25-11-24-21)28(12-26-18)23-20(31)19(30)17(9-29)33-23/h2,4-5,8,11-12,15-17,19-20,23,29-31H,3,6-7,9-10H2,1H3,(H,24,25,27)/t15?,16-,17?,19-,20-,23?/m1/s1. The van der Waals surface area contributed by atoms with Crippen molar-refractivity contribution in [2.24, 2.45) is 0 Å². The number of aryl methyl sites for hydroxylation is 1. The van der Waals surface area contributed by atoms with Gasteiger partial charge in [-0.15, -0.1) is 0 Å². The molecule has 0 amide bonds. The number of anilines is 1. The molecule has 10 heteroatoms. The Bertz CT molecular complexity index is 1110. The predicted molar refractivity (Wildman–Crippen MR) is 119 cm³/mol. The van der Waals surface area contributed by atoms with E-state index in [1.807, 2.05) is 6.07 Å². The number of rotatable bonds is 7. The Balaban J connectivity index is 1.32. The molecule has 3 unspecified atom stereocenters. The van der Waals surface area contributed by atoms with Crippen molar-refractivity contribution < 1.29 is 24.8 Å². The first-order valence-electron chi connectivity index (χ1n) is 11.3. The fourth-order valence-electron chi connectivity index (χ4n) is 4.73. The van der Waals surface area contributed by atoms with Gasteiger partial charge in [0.05, 0.1) is 31.7 Å². The third-order valence-electron chi connectivity index (χ3n) is 6.47. The number of aliphatic hydroxyl groups excluding tert-OH is 3. The van der Waals surface area contributed by atoms with E-state index in [0.717, 1.165) is 24.8 Å². The lowest BCUT2D eigenvalue weighted by molar-refractivity contribution is -0.0511. The van der Waals surface area contributed by atoms with E-state index >= 15 is 0 Å². The summed E-state index contributed by atoms with van der Waals surface area (Å²) in [6.07, 6.45) is 1.80. The molecule has 0 radical (unpaired) electrons. The monoisotopic (exact) mass is 455 g/mol. The third-order valence-corrected chi connectivity index (χ3v) is 6.47. The predicted octanol–water partition coefficient (Wildman–Crippen LogP) is 1.30. The first-order chi connectivity index (χ1) is 16.0. The summed E-state index contributed by atoms with van der Waals surface area (Å²) in [6.45, 7) is 2.24. The third kappa shape index (κ3) is 4.32. The Morgan fingerprint density at radius 1 is 1.18 bits per heavy atom. The molecule has 10 nitrogen and oxygen atoms in total. The van der Waals surface area contributed by atoms with Crippen molar-refractivity contribution in [2.45, 2.75) is 69.5 Å². The lowest BCUT2D eigenvalue weighted by atomic mass is 10.1. The minimum atomic E-state index is -1.21. The van der Waals surface area contributed by atoms with Crippen molar-refractivity contribution >= 4 is 17.0 Å². The molecule has 1 saturated heterocycles. The number of ether oxygens (including phenoxy) is 2. The van der Waals surface area contributed by atoms with Crippen LogP contribution in [0.25, 0.3) is 11.2 Å². The van der Waals surface area contributed by atoms with Crippen LogP contribution in [-0.2, 0) is 16.1 Å². The fraction of sp³-hybridized carbons (Fsp3) is 0.522. The van der Waals surface area contributed by atoms with E-state index in [9.17, 15) is 15.3 Å². The van der Waals surface area contributed by atoms with Crippen LogP contribution in [0, 0.1) is 6.92 Å². The fourth-order valence-corrected chi connectivity index (χ4v) is 4.73. The highest BCUT2D eigenvalue weighted by Gasteiger charge is 2.44. The van der Waals surface area contributed by atoms with Crippen molar-refractivity contribution in [3.63, 3.8) is 0 Å². The summed E-state index contributed by atoms with van der Waals surface area (Å²) < 4.78 is 13.4. The van der Waals surface area contributed by atoms with Gasteiger partial charge in [-0.25, -0.2) is 15.0 Å². The summed E-state index contributed by atoms with van der Waals surface area (Å²) in [5.74, 6) is 0.585. The largest absolute Gasteiger partial charge is 0.394 e. The molecule has 6 atom stereocenters. The normalized spacial score (nSPS) is 29.7. The van der Waals surface area contributed by atoms with E-state index in [1.54, 1.807) is 4.57 Å². The van der Waals surface area contributed by atoms with Crippen LogP contribution in [0.4, 0.5) is 5.82 Å². The molecule has 1 aliphatic carbocycles. The molecule has 33 heavy (non-hydrogen) atoms. The van der Waals surface area contributed by atoms with Crippen LogP contribution in [0.15, 0.2) is 36.9 Å². The summed E-state index contributed by atoms with van der Waals surface area (Å²) in [4.78, 5) is 13.2. The maximum absolute atomic E-state index is 10.4. The number of fused-ring (bicyclic) bond motifs is 1. The highest BCUT2D eigenvalue weighted by molar-refractivity contribution is 5.82. The second-order valence-corrected chi connectivity index (χ2v) is 8.80. The lowest BCUT2D eigenvalue weighted by Crippen LogP contribution is -2.33. The molecule has 1 aliphatic heterocycles. The van der Waals surface area contributed by atoms with Crippen LogP contribution in [-0.4, -0.2) is 71.9 Å². The molecule has 4 N–H and O–H groups in total. The molecule has 5 rings (SSSR count). The molecule has 1 aromatic carbocycles. The summed E-state index contributed by atoms with van der Waals surface area (Å²) in [6, 6.07) is 8.41. The minimum absolute atomic E-state index is 0.0538. The Morgan fingerprint density at radius 2 is 2.06 bits per heavy atom. The molecule has 3 aromatic rings. The zero-order valence-electron chi connectivity index (χ0n) is 18.4. The molecule has 0 bridgehead atoms. The number of nitrogens with one attached hydrogen (secondary N) is 1. The average molecular weight is 456 g/mol. The van der Waals surface area contributed by atoms with Gasteiger partial charge >= 0.3 is 0 Å². The van der Waals surface area contributed by atoms with E-state index in [4.69, 9.17) is 9.47 Å². The number of aromatic nitrogens is 4. The van der Waals surface area contributed by atoms with E-state index in [0.29, 0.717) is 23.6 Å². The zero-order chi connectivity index (χ0) is 22.9. The van der Waals surface area contributed by atoms with Gasteiger partial charge in [-0.05, 0) is 31.7 Å². The summed E-state index contributed by atoms with van der Waals surface area (Å²) in [7, 11) is 0. The highest BCUT2D eigenvalue weighted by Crippen LogP contribution is 2.33. The van der Waals surface area contributed by atoms with Gasteiger partial charge < -0.3 is 30.1 Å². The molecule has 3 heterocycles. The van der Waals surface area contributed by atoms with Gasteiger partial charge in [0.2, 0.25) is 0 Å². The Hall–Kier alpha value is -2.63. The molecule has 2 fully saturated rings. The molecule has 176 valence electrons. The second kappa shape index (κ2) is 9.32. The molecule has 0 spiro atoms. The van der Waals surface area contributed by atoms with Gasteiger partial charge in [-0.1, -0.05) is 29.8 Å². The number of nitrogens with zero attached hydrogens (tertiary/aromatic N) is 4. The number of hydrogen-bond donors (Lipinski definition) is 4. The first kappa shape index (κ1) is 22.2. The van der Waals surface area contributed by atoms with Crippen LogP contribution < -0.4 is 5.32 Å².